The van der Waals surface area contributed by atoms with Crippen LogP contribution < -0.4 is 5.32 Å². The normalized spacial score (nSPS) is 14.1. The van der Waals surface area contributed by atoms with E-state index in [9.17, 15) is 4.79 Å². The van der Waals surface area contributed by atoms with Crippen LogP contribution in [0, 0.1) is 0 Å². The first-order valence-corrected chi connectivity index (χ1v) is 7.30. The van der Waals surface area contributed by atoms with Crippen LogP contribution >= 0.6 is 0 Å². The van der Waals surface area contributed by atoms with Gasteiger partial charge in [-0.25, -0.2) is 0 Å². The van der Waals surface area contributed by atoms with Crippen molar-refractivity contribution in [2.45, 2.75) is 31.8 Å². The summed E-state index contributed by atoms with van der Waals surface area (Å²) < 4.78 is 0. The molecule has 0 unspecified atom stereocenters. The zero-order valence-electron chi connectivity index (χ0n) is 11.9. The maximum atomic E-state index is 10.6. The molecule has 0 aromatic heterocycles. The summed E-state index contributed by atoms with van der Waals surface area (Å²) in [6.07, 6.45) is 2.27. The van der Waals surface area contributed by atoms with Crippen LogP contribution in [0.15, 0.2) is 48.5 Å². The molecular formula is C18H19NO2. The van der Waals surface area contributed by atoms with Gasteiger partial charge in [0, 0.05) is 12.6 Å². The highest BCUT2D eigenvalue weighted by Gasteiger charge is 2.19. The Hall–Kier alpha value is -2.13. The molecule has 21 heavy (non-hydrogen) atoms. The smallest absolute Gasteiger partial charge is 0.307 e. The van der Waals surface area contributed by atoms with Crippen molar-refractivity contribution in [3.8, 4) is 0 Å². The SMILES string of the molecule is O=C(O)Cc1ccc(CNC2Cc3ccccc3C2)cc1. The van der Waals surface area contributed by atoms with Crippen molar-refractivity contribution in [2.75, 3.05) is 0 Å². The number of rotatable bonds is 5. The minimum absolute atomic E-state index is 0.0889. The van der Waals surface area contributed by atoms with Gasteiger partial charge in [0.2, 0.25) is 0 Å². The fourth-order valence-corrected chi connectivity index (χ4v) is 2.91. The van der Waals surface area contributed by atoms with E-state index < -0.39 is 5.97 Å². The summed E-state index contributed by atoms with van der Waals surface area (Å²) in [5, 5.41) is 12.3. The van der Waals surface area contributed by atoms with Gasteiger partial charge < -0.3 is 10.4 Å². The molecule has 1 aliphatic carbocycles. The fourth-order valence-electron chi connectivity index (χ4n) is 2.91. The number of nitrogens with one attached hydrogen (secondary N) is 1. The van der Waals surface area contributed by atoms with Gasteiger partial charge in [0.25, 0.3) is 0 Å². The van der Waals surface area contributed by atoms with E-state index in [1.165, 1.54) is 16.7 Å². The van der Waals surface area contributed by atoms with Gasteiger partial charge in [-0.1, -0.05) is 48.5 Å². The lowest BCUT2D eigenvalue weighted by molar-refractivity contribution is -0.136. The van der Waals surface area contributed by atoms with Crippen LogP contribution in [0.4, 0.5) is 0 Å². The maximum absolute atomic E-state index is 10.6. The number of aliphatic carboxylic acids is 1. The Kier molecular flexibility index (Phi) is 4.02. The molecule has 0 spiro atoms. The van der Waals surface area contributed by atoms with E-state index in [0.29, 0.717) is 6.04 Å². The molecule has 0 saturated carbocycles. The number of hydrogen-bond donors (Lipinski definition) is 2. The molecule has 108 valence electrons. The summed E-state index contributed by atoms with van der Waals surface area (Å²) in [4.78, 5) is 10.6. The van der Waals surface area contributed by atoms with Gasteiger partial charge in [0.15, 0.2) is 0 Å². The monoisotopic (exact) mass is 281 g/mol. The third-order valence-corrected chi connectivity index (χ3v) is 4.02. The van der Waals surface area contributed by atoms with Crippen molar-refractivity contribution in [1.82, 2.24) is 5.32 Å². The molecule has 0 fully saturated rings. The molecule has 3 nitrogen and oxygen atoms in total. The second kappa shape index (κ2) is 6.10. The lowest BCUT2D eigenvalue weighted by Gasteiger charge is -2.12. The Morgan fingerprint density at radius 1 is 1.00 bits per heavy atom. The summed E-state index contributed by atoms with van der Waals surface area (Å²) in [5.74, 6) is -0.787. The van der Waals surface area contributed by atoms with Crippen molar-refractivity contribution in [3.63, 3.8) is 0 Å². The van der Waals surface area contributed by atoms with Crippen LogP contribution in [0.5, 0.6) is 0 Å². The van der Waals surface area contributed by atoms with Gasteiger partial charge in [-0.2, -0.15) is 0 Å². The summed E-state index contributed by atoms with van der Waals surface area (Å²) in [6, 6.07) is 16.9. The predicted octanol–water partition coefficient (Wildman–Crippen LogP) is 2.57. The van der Waals surface area contributed by atoms with E-state index in [-0.39, 0.29) is 6.42 Å². The predicted molar refractivity (Wildman–Crippen MR) is 82.3 cm³/mol. The Bertz CT molecular complexity index is 609. The summed E-state index contributed by atoms with van der Waals surface area (Å²) in [6.45, 7) is 0.825. The first kappa shape index (κ1) is 13.8. The van der Waals surface area contributed by atoms with Crippen molar-refractivity contribution < 1.29 is 9.90 Å². The average Bonchev–Trinajstić information content (AvgIpc) is 2.89. The van der Waals surface area contributed by atoms with Crippen LogP contribution in [-0.2, 0) is 30.6 Å². The first-order valence-electron chi connectivity index (χ1n) is 7.30. The Labute approximate surface area is 124 Å². The lowest BCUT2D eigenvalue weighted by Crippen LogP contribution is -2.28. The molecular weight excluding hydrogens is 262 g/mol. The maximum Gasteiger partial charge on any atom is 0.307 e. The Morgan fingerprint density at radius 3 is 2.14 bits per heavy atom. The molecule has 2 N–H and O–H groups in total. The molecule has 0 bridgehead atoms. The molecule has 3 heteroatoms. The highest BCUT2D eigenvalue weighted by atomic mass is 16.4. The summed E-state index contributed by atoms with van der Waals surface area (Å²) >= 11 is 0. The number of benzene rings is 2. The Morgan fingerprint density at radius 2 is 1.57 bits per heavy atom. The van der Waals surface area contributed by atoms with E-state index in [4.69, 9.17) is 5.11 Å². The largest absolute Gasteiger partial charge is 0.481 e. The minimum Gasteiger partial charge on any atom is -0.481 e. The number of hydrogen-bond acceptors (Lipinski definition) is 2. The number of carboxylic acid groups (broad SMARTS) is 1. The summed E-state index contributed by atoms with van der Waals surface area (Å²) in [7, 11) is 0. The molecule has 0 radical (unpaired) electrons. The third kappa shape index (κ3) is 3.50. The molecule has 3 rings (SSSR count). The second-order valence-electron chi connectivity index (χ2n) is 5.64. The lowest BCUT2D eigenvalue weighted by atomic mass is 10.1. The van der Waals surface area contributed by atoms with Crippen LogP contribution in [0.1, 0.15) is 22.3 Å². The van der Waals surface area contributed by atoms with E-state index >= 15 is 0 Å². The quantitative estimate of drug-likeness (QED) is 0.885. The van der Waals surface area contributed by atoms with Gasteiger partial charge in [-0.3, -0.25) is 4.79 Å². The van der Waals surface area contributed by atoms with Gasteiger partial charge >= 0.3 is 5.97 Å². The topological polar surface area (TPSA) is 49.3 Å². The van der Waals surface area contributed by atoms with E-state index in [1.54, 1.807) is 0 Å². The fraction of sp³-hybridized carbons (Fsp3) is 0.278. The number of carbonyl (C=O) groups is 1. The average molecular weight is 281 g/mol. The zero-order valence-corrected chi connectivity index (χ0v) is 11.9. The van der Waals surface area contributed by atoms with Crippen molar-refractivity contribution in [2.24, 2.45) is 0 Å². The van der Waals surface area contributed by atoms with Gasteiger partial charge in [-0.05, 0) is 35.1 Å². The highest BCUT2D eigenvalue weighted by Crippen LogP contribution is 2.21. The van der Waals surface area contributed by atoms with E-state index in [0.717, 1.165) is 24.9 Å². The number of carboxylic acids is 1. The van der Waals surface area contributed by atoms with Gasteiger partial charge in [-0.15, -0.1) is 0 Å². The molecule has 0 saturated heterocycles. The van der Waals surface area contributed by atoms with Crippen LogP contribution in [0.25, 0.3) is 0 Å². The molecule has 0 aliphatic heterocycles. The van der Waals surface area contributed by atoms with Gasteiger partial charge in [0.05, 0.1) is 6.42 Å². The highest BCUT2D eigenvalue weighted by molar-refractivity contribution is 5.70. The standard InChI is InChI=1S/C18H19NO2/c20-18(21)9-13-5-7-14(8-6-13)12-19-17-10-15-3-1-2-4-16(15)11-17/h1-8,17,19H,9-12H2,(H,20,21). The first-order chi connectivity index (χ1) is 10.2. The van der Waals surface area contributed by atoms with Crippen LogP contribution in [0.3, 0.4) is 0 Å². The Balaban J connectivity index is 1.53. The van der Waals surface area contributed by atoms with Crippen molar-refractivity contribution in [1.29, 1.82) is 0 Å². The second-order valence-corrected chi connectivity index (χ2v) is 5.64. The molecule has 2 aromatic rings. The van der Waals surface area contributed by atoms with Crippen LogP contribution in [0.2, 0.25) is 0 Å². The third-order valence-electron chi connectivity index (χ3n) is 4.02. The van der Waals surface area contributed by atoms with Crippen molar-refractivity contribution in [3.05, 3.63) is 70.8 Å². The number of fused-ring (bicyclic) bond motifs is 1. The minimum atomic E-state index is -0.787. The molecule has 2 aromatic carbocycles. The van der Waals surface area contributed by atoms with Gasteiger partial charge in [0.1, 0.15) is 0 Å². The van der Waals surface area contributed by atoms with E-state index in [2.05, 4.69) is 29.6 Å². The van der Waals surface area contributed by atoms with E-state index in [1.807, 2.05) is 24.3 Å². The summed E-state index contributed by atoms with van der Waals surface area (Å²) in [5.41, 5.74) is 4.94. The molecule has 1 aliphatic rings. The zero-order chi connectivity index (χ0) is 14.7. The molecule has 0 atom stereocenters. The van der Waals surface area contributed by atoms with Crippen LogP contribution in [-0.4, -0.2) is 17.1 Å². The van der Waals surface area contributed by atoms with Crippen molar-refractivity contribution >= 4 is 5.97 Å². The molecule has 0 amide bonds. The molecule has 0 heterocycles.